The number of benzene rings is 1. The van der Waals surface area contributed by atoms with Crippen LogP contribution in [-0.4, -0.2) is 51.5 Å². The van der Waals surface area contributed by atoms with E-state index in [9.17, 15) is 9.59 Å². The van der Waals surface area contributed by atoms with Gasteiger partial charge in [0.05, 0.1) is 17.2 Å². The summed E-state index contributed by atoms with van der Waals surface area (Å²) in [6, 6.07) is 12.1. The minimum atomic E-state index is -0.694. The molecule has 0 spiro atoms. The zero-order valence-electron chi connectivity index (χ0n) is 19.5. The number of carbonyl (C=O) groups excluding carboxylic acids is 2. The van der Waals surface area contributed by atoms with Crippen molar-refractivity contribution < 1.29 is 9.59 Å². The molecule has 0 aliphatic carbocycles. The maximum Gasteiger partial charge on any atom is 0.257 e. The minimum absolute atomic E-state index is 0.0106. The molecule has 1 aromatic carbocycles. The van der Waals surface area contributed by atoms with Gasteiger partial charge in [-0.3, -0.25) is 19.7 Å². The fourth-order valence-electron chi connectivity index (χ4n) is 4.52. The SMILES string of the molecule is Cc1[nH]ncc1C(=O)N1CC[C@@](Cc2ccccc2-c2cccnc2)(C(=O)NCC(C)C)C1. The molecule has 3 heterocycles. The first-order chi connectivity index (χ1) is 15.9. The van der Waals surface area contributed by atoms with Crippen LogP contribution in [0.3, 0.4) is 0 Å². The molecule has 2 amide bonds. The van der Waals surface area contributed by atoms with Gasteiger partial charge < -0.3 is 10.2 Å². The van der Waals surface area contributed by atoms with E-state index in [0.29, 0.717) is 44.0 Å². The molecule has 2 N–H and O–H groups in total. The van der Waals surface area contributed by atoms with Crippen LogP contribution >= 0.6 is 0 Å². The third kappa shape index (κ3) is 4.82. The summed E-state index contributed by atoms with van der Waals surface area (Å²) in [4.78, 5) is 32.8. The number of aromatic amines is 1. The molecule has 1 aliphatic heterocycles. The highest BCUT2D eigenvalue weighted by Gasteiger charge is 2.46. The molecule has 4 rings (SSSR count). The second-order valence-electron chi connectivity index (χ2n) is 9.35. The summed E-state index contributed by atoms with van der Waals surface area (Å²) in [6.45, 7) is 7.52. The Bertz CT molecular complexity index is 1120. The molecular weight excluding hydrogens is 414 g/mol. The Hall–Kier alpha value is -3.48. The van der Waals surface area contributed by atoms with Crippen molar-refractivity contribution in [2.45, 2.75) is 33.6 Å². The van der Waals surface area contributed by atoms with Crippen molar-refractivity contribution in [3.05, 3.63) is 71.8 Å². The highest BCUT2D eigenvalue weighted by Crippen LogP contribution is 2.38. The van der Waals surface area contributed by atoms with E-state index in [1.807, 2.05) is 37.4 Å². The van der Waals surface area contributed by atoms with Crippen molar-refractivity contribution in [2.24, 2.45) is 11.3 Å². The van der Waals surface area contributed by atoms with Gasteiger partial charge in [-0.05, 0) is 42.9 Å². The average Bonchev–Trinajstić information content (AvgIpc) is 3.45. The molecule has 0 radical (unpaired) electrons. The van der Waals surface area contributed by atoms with Crippen LogP contribution < -0.4 is 5.32 Å². The van der Waals surface area contributed by atoms with E-state index >= 15 is 0 Å². The van der Waals surface area contributed by atoms with E-state index in [-0.39, 0.29) is 11.8 Å². The van der Waals surface area contributed by atoms with E-state index in [2.05, 4.69) is 46.5 Å². The third-order valence-corrected chi connectivity index (χ3v) is 6.37. The van der Waals surface area contributed by atoms with Gasteiger partial charge in [0.1, 0.15) is 0 Å². The summed E-state index contributed by atoms with van der Waals surface area (Å²) < 4.78 is 0. The molecular formula is C26H31N5O2. The van der Waals surface area contributed by atoms with Crippen LogP contribution in [0.2, 0.25) is 0 Å². The van der Waals surface area contributed by atoms with Gasteiger partial charge in [0.2, 0.25) is 5.91 Å². The summed E-state index contributed by atoms with van der Waals surface area (Å²) in [5.41, 5.74) is 3.77. The number of aryl methyl sites for hydroxylation is 1. The van der Waals surface area contributed by atoms with E-state index in [0.717, 1.165) is 22.4 Å². The Morgan fingerprint density at radius 2 is 2.00 bits per heavy atom. The first-order valence-corrected chi connectivity index (χ1v) is 11.5. The molecule has 1 atom stereocenters. The molecule has 1 aliphatic rings. The largest absolute Gasteiger partial charge is 0.355 e. The van der Waals surface area contributed by atoms with Crippen LogP contribution in [0.5, 0.6) is 0 Å². The Balaban J connectivity index is 1.65. The normalized spacial score (nSPS) is 18.0. The highest BCUT2D eigenvalue weighted by atomic mass is 16.2. The zero-order valence-corrected chi connectivity index (χ0v) is 19.5. The predicted molar refractivity (Wildman–Crippen MR) is 128 cm³/mol. The van der Waals surface area contributed by atoms with Crippen LogP contribution in [0.4, 0.5) is 0 Å². The lowest BCUT2D eigenvalue weighted by Gasteiger charge is -2.29. The first-order valence-electron chi connectivity index (χ1n) is 11.5. The number of aromatic nitrogens is 3. The van der Waals surface area contributed by atoms with Crippen molar-refractivity contribution in [3.8, 4) is 11.1 Å². The number of nitrogens with one attached hydrogen (secondary N) is 2. The number of rotatable bonds is 7. The molecule has 7 heteroatoms. The summed E-state index contributed by atoms with van der Waals surface area (Å²) in [5.74, 6) is 0.276. The molecule has 2 aromatic heterocycles. The smallest absolute Gasteiger partial charge is 0.257 e. The lowest BCUT2D eigenvalue weighted by atomic mass is 9.78. The molecule has 3 aromatic rings. The second kappa shape index (κ2) is 9.57. The average molecular weight is 446 g/mol. The fraction of sp³-hybridized carbons (Fsp3) is 0.385. The number of amides is 2. The van der Waals surface area contributed by atoms with Crippen molar-refractivity contribution >= 4 is 11.8 Å². The van der Waals surface area contributed by atoms with Crippen LogP contribution in [0, 0.1) is 18.3 Å². The minimum Gasteiger partial charge on any atom is -0.355 e. The van der Waals surface area contributed by atoms with Crippen molar-refractivity contribution in [1.29, 1.82) is 0 Å². The first kappa shape index (κ1) is 22.7. The van der Waals surface area contributed by atoms with Crippen molar-refractivity contribution in [1.82, 2.24) is 25.4 Å². The quantitative estimate of drug-likeness (QED) is 0.581. The van der Waals surface area contributed by atoms with Crippen LogP contribution in [0.25, 0.3) is 11.1 Å². The topological polar surface area (TPSA) is 91.0 Å². The van der Waals surface area contributed by atoms with Gasteiger partial charge in [-0.25, -0.2) is 0 Å². The van der Waals surface area contributed by atoms with Gasteiger partial charge >= 0.3 is 0 Å². The summed E-state index contributed by atoms with van der Waals surface area (Å²) >= 11 is 0. The third-order valence-electron chi connectivity index (χ3n) is 6.37. The number of pyridine rings is 1. The van der Waals surface area contributed by atoms with E-state index in [1.165, 1.54) is 0 Å². The second-order valence-corrected chi connectivity index (χ2v) is 9.35. The maximum atomic E-state index is 13.6. The Morgan fingerprint density at radius 3 is 2.70 bits per heavy atom. The molecule has 1 saturated heterocycles. The van der Waals surface area contributed by atoms with E-state index in [4.69, 9.17) is 0 Å². The lowest BCUT2D eigenvalue weighted by Crippen LogP contribution is -2.46. The summed E-state index contributed by atoms with van der Waals surface area (Å²) in [7, 11) is 0. The van der Waals surface area contributed by atoms with Crippen molar-refractivity contribution in [2.75, 3.05) is 19.6 Å². The van der Waals surface area contributed by atoms with E-state index in [1.54, 1.807) is 17.3 Å². The molecule has 0 saturated carbocycles. The predicted octanol–water partition coefficient (Wildman–Crippen LogP) is 3.63. The Labute approximate surface area is 194 Å². The molecule has 33 heavy (non-hydrogen) atoms. The molecule has 7 nitrogen and oxygen atoms in total. The Morgan fingerprint density at radius 1 is 1.18 bits per heavy atom. The van der Waals surface area contributed by atoms with Gasteiger partial charge in [-0.1, -0.05) is 44.2 Å². The maximum absolute atomic E-state index is 13.6. The molecule has 0 bridgehead atoms. The summed E-state index contributed by atoms with van der Waals surface area (Å²) in [5, 5.41) is 9.96. The number of hydrogen-bond donors (Lipinski definition) is 2. The van der Waals surface area contributed by atoms with Gasteiger partial charge in [-0.15, -0.1) is 0 Å². The zero-order chi connectivity index (χ0) is 23.4. The van der Waals surface area contributed by atoms with E-state index < -0.39 is 5.41 Å². The highest BCUT2D eigenvalue weighted by molar-refractivity contribution is 5.96. The Kier molecular flexibility index (Phi) is 6.58. The number of hydrogen-bond acceptors (Lipinski definition) is 4. The monoisotopic (exact) mass is 445 g/mol. The van der Waals surface area contributed by atoms with Gasteiger partial charge in [0.25, 0.3) is 5.91 Å². The van der Waals surface area contributed by atoms with Gasteiger partial charge in [0, 0.05) is 43.3 Å². The van der Waals surface area contributed by atoms with Gasteiger partial charge in [-0.2, -0.15) is 5.10 Å². The lowest BCUT2D eigenvalue weighted by molar-refractivity contribution is -0.130. The molecule has 0 unspecified atom stereocenters. The number of H-pyrrole nitrogens is 1. The van der Waals surface area contributed by atoms with Crippen LogP contribution in [0.15, 0.2) is 55.0 Å². The number of carbonyl (C=O) groups is 2. The van der Waals surface area contributed by atoms with Crippen molar-refractivity contribution in [3.63, 3.8) is 0 Å². The number of likely N-dealkylation sites (tertiary alicyclic amines) is 1. The van der Waals surface area contributed by atoms with Gasteiger partial charge in [0.15, 0.2) is 0 Å². The van der Waals surface area contributed by atoms with Crippen LogP contribution in [-0.2, 0) is 11.2 Å². The fourth-order valence-corrected chi connectivity index (χ4v) is 4.52. The standard InChI is InChI=1S/C26H31N5O2/c1-18(2)14-28-25(33)26(10-12-31(17-26)24(32)23-16-29-30-19(23)3)13-20-7-4-5-9-22(20)21-8-6-11-27-15-21/h4-9,11,15-16,18H,10,12-14,17H2,1-3H3,(H,28,33)(H,29,30)/t26-/m0/s1. The molecule has 172 valence electrons. The van der Waals surface area contributed by atoms with Crippen LogP contribution in [0.1, 0.15) is 41.9 Å². The molecule has 1 fully saturated rings. The summed E-state index contributed by atoms with van der Waals surface area (Å²) in [6.07, 6.45) is 6.33. The number of nitrogens with zero attached hydrogens (tertiary/aromatic N) is 3.